The van der Waals surface area contributed by atoms with Gasteiger partial charge in [0, 0.05) is 55.3 Å². The van der Waals surface area contributed by atoms with Crippen LogP contribution in [-0.2, 0) is 23.1 Å². The molecule has 5 atom stereocenters. The van der Waals surface area contributed by atoms with E-state index in [1.54, 1.807) is 14.2 Å². The van der Waals surface area contributed by atoms with Crippen LogP contribution in [0.3, 0.4) is 0 Å². The monoisotopic (exact) mass is 626 g/mol. The van der Waals surface area contributed by atoms with Crippen molar-refractivity contribution in [2.24, 2.45) is 12.8 Å². The van der Waals surface area contributed by atoms with E-state index in [-0.39, 0.29) is 36.0 Å². The first kappa shape index (κ1) is 30.7. The molecule has 10 heteroatoms. The highest BCUT2D eigenvalue weighted by atomic mass is 16.5. The Labute approximate surface area is 270 Å². The zero-order valence-electron chi connectivity index (χ0n) is 27.6. The molecule has 3 N–H and O–H groups in total. The number of methoxy groups -OCH3 is 2. The fourth-order valence-corrected chi connectivity index (χ4v) is 8.11. The summed E-state index contributed by atoms with van der Waals surface area (Å²) in [5.41, 5.74) is 10.8. The van der Waals surface area contributed by atoms with Crippen LogP contribution in [0, 0.1) is 0 Å². The van der Waals surface area contributed by atoms with Crippen LogP contribution in [0.25, 0.3) is 33.5 Å². The number of amides is 2. The lowest BCUT2D eigenvalue weighted by molar-refractivity contribution is -0.143. The number of ether oxygens (including phenoxy) is 2. The normalized spacial score (nSPS) is 27.0. The predicted molar refractivity (Wildman–Crippen MR) is 179 cm³/mol. The van der Waals surface area contributed by atoms with E-state index in [2.05, 4.69) is 38.7 Å². The molecule has 2 aromatic heterocycles. The third kappa shape index (κ3) is 4.97. The summed E-state index contributed by atoms with van der Waals surface area (Å²) in [6.07, 6.45) is 7.51. The lowest BCUT2D eigenvalue weighted by Gasteiger charge is -2.29. The zero-order chi connectivity index (χ0) is 32.3. The first-order valence-electron chi connectivity index (χ1n) is 16.8. The summed E-state index contributed by atoms with van der Waals surface area (Å²) in [6.45, 7) is 4.75. The molecule has 2 amide bonds. The first-order valence-corrected chi connectivity index (χ1v) is 16.8. The Morgan fingerprint density at radius 1 is 1.09 bits per heavy atom. The third-order valence-electron chi connectivity index (χ3n) is 10.9. The smallest absolute Gasteiger partial charge is 0.254 e. The topological polar surface area (TPSA) is 117 Å². The zero-order valence-corrected chi connectivity index (χ0v) is 27.6. The molecular formula is C36H46N6O4. The number of hydrogen-bond donors (Lipinski definition) is 2. The highest BCUT2D eigenvalue weighted by Gasteiger charge is 2.47. The van der Waals surface area contributed by atoms with Crippen molar-refractivity contribution in [3.63, 3.8) is 0 Å². The van der Waals surface area contributed by atoms with Gasteiger partial charge in [0.1, 0.15) is 16.9 Å². The second-order valence-corrected chi connectivity index (χ2v) is 13.7. The summed E-state index contributed by atoms with van der Waals surface area (Å²) in [5.74, 6) is 1.37. The number of carbonyl (C=O) groups excluding carboxylic acids is 2. The maximum Gasteiger partial charge on any atom is 0.254 e. The van der Waals surface area contributed by atoms with Gasteiger partial charge in [-0.25, -0.2) is 4.98 Å². The predicted octanol–water partition coefficient (Wildman–Crippen LogP) is 5.45. The molecule has 3 aliphatic heterocycles. The number of nitrogens with two attached hydrogens (primary N) is 1. The molecule has 0 radical (unpaired) electrons. The second kappa shape index (κ2) is 11.7. The van der Waals surface area contributed by atoms with Crippen LogP contribution in [-0.4, -0.2) is 68.8 Å². The maximum absolute atomic E-state index is 13.8. The number of benzene rings is 2. The van der Waals surface area contributed by atoms with Gasteiger partial charge in [0.2, 0.25) is 0 Å². The third-order valence-corrected chi connectivity index (χ3v) is 10.9. The summed E-state index contributed by atoms with van der Waals surface area (Å²) in [5, 5.41) is 4.31. The van der Waals surface area contributed by atoms with Crippen LogP contribution >= 0.6 is 0 Å². The van der Waals surface area contributed by atoms with Crippen molar-refractivity contribution in [2.75, 3.05) is 14.2 Å². The van der Waals surface area contributed by atoms with Gasteiger partial charge in [-0.05, 0) is 75.8 Å². The van der Waals surface area contributed by atoms with Crippen LogP contribution in [0.15, 0.2) is 36.4 Å². The van der Waals surface area contributed by atoms with Crippen molar-refractivity contribution < 1.29 is 19.1 Å². The van der Waals surface area contributed by atoms with E-state index in [0.717, 1.165) is 90.5 Å². The SMILES string of the molecule is COc1cc(C(=O)N2[C@H]3CC[C@@H]2[C@H](N)C3)cc2nc(-c3cc4ccc5cc4n3CCCCCC[C@@](C)(OC)C(=O)N[C@@H]5C)n(C)c12. The van der Waals surface area contributed by atoms with Crippen molar-refractivity contribution in [2.45, 2.75) is 102 Å². The lowest BCUT2D eigenvalue weighted by Crippen LogP contribution is -2.46. The molecule has 4 bridgehead atoms. The molecule has 2 aromatic carbocycles. The summed E-state index contributed by atoms with van der Waals surface area (Å²) in [6, 6.07) is 12.6. The number of nitrogens with one attached hydrogen (secondary N) is 1. The first-order chi connectivity index (χ1) is 22.1. The number of aromatic nitrogens is 3. The lowest BCUT2D eigenvalue weighted by atomic mass is 9.95. The Kier molecular flexibility index (Phi) is 7.84. The maximum atomic E-state index is 13.8. The number of hydrogen-bond acceptors (Lipinski definition) is 6. The van der Waals surface area contributed by atoms with Gasteiger partial charge in [-0.3, -0.25) is 9.59 Å². The van der Waals surface area contributed by atoms with E-state index in [4.69, 9.17) is 20.2 Å². The van der Waals surface area contributed by atoms with E-state index >= 15 is 0 Å². The minimum Gasteiger partial charge on any atom is -0.494 e. The van der Waals surface area contributed by atoms with Crippen molar-refractivity contribution in [3.05, 3.63) is 47.5 Å². The van der Waals surface area contributed by atoms with Crippen LogP contribution < -0.4 is 15.8 Å². The fourth-order valence-electron chi connectivity index (χ4n) is 8.11. The van der Waals surface area contributed by atoms with Gasteiger partial charge in [0.05, 0.1) is 24.4 Å². The summed E-state index contributed by atoms with van der Waals surface area (Å²) in [7, 11) is 5.28. The van der Waals surface area contributed by atoms with E-state index in [0.29, 0.717) is 17.7 Å². The average Bonchev–Trinajstić information content (AvgIpc) is 3.80. The summed E-state index contributed by atoms with van der Waals surface area (Å²) in [4.78, 5) is 34.3. The van der Waals surface area contributed by atoms with E-state index in [1.165, 1.54) is 0 Å². The van der Waals surface area contributed by atoms with Gasteiger partial charge in [-0.1, -0.05) is 31.4 Å². The number of fused-ring (bicyclic) bond motifs is 4. The summed E-state index contributed by atoms with van der Waals surface area (Å²) >= 11 is 0. The van der Waals surface area contributed by atoms with Crippen LogP contribution in [0.4, 0.5) is 0 Å². The Morgan fingerprint density at radius 2 is 1.89 bits per heavy atom. The highest BCUT2D eigenvalue weighted by Crippen LogP contribution is 2.40. The van der Waals surface area contributed by atoms with Crippen molar-refractivity contribution in [1.82, 2.24) is 24.3 Å². The van der Waals surface area contributed by atoms with Gasteiger partial charge in [-0.15, -0.1) is 0 Å². The quantitative estimate of drug-likeness (QED) is 0.311. The average molecular weight is 627 g/mol. The van der Waals surface area contributed by atoms with E-state index in [1.807, 2.05) is 37.9 Å². The molecule has 244 valence electrons. The number of aryl methyl sites for hydroxylation is 2. The molecule has 2 saturated heterocycles. The van der Waals surface area contributed by atoms with Gasteiger partial charge in [-0.2, -0.15) is 0 Å². The number of carbonyl (C=O) groups is 2. The minimum absolute atomic E-state index is 0.00896. The van der Waals surface area contributed by atoms with Crippen LogP contribution in [0.1, 0.15) is 87.2 Å². The van der Waals surface area contributed by atoms with E-state index < -0.39 is 5.60 Å². The molecule has 4 aromatic rings. The Bertz CT molecular complexity index is 1830. The van der Waals surface area contributed by atoms with Crippen LogP contribution in [0.2, 0.25) is 0 Å². The number of imidazole rings is 1. The minimum atomic E-state index is -0.845. The molecule has 0 spiro atoms. The van der Waals surface area contributed by atoms with E-state index in [9.17, 15) is 9.59 Å². The Morgan fingerprint density at radius 3 is 2.61 bits per heavy atom. The molecule has 10 nitrogen and oxygen atoms in total. The molecule has 3 aliphatic rings. The van der Waals surface area contributed by atoms with Gasteiger partial charge in [0.25, 0.3) is 11.8 Å². The molecular weight excluding hydrogens is 580 g/mol. The fraction of sp³-hybridized carbons (Fsp3) is 0.528. The Balaban J connectivity index is 1.30. The second-order valence-electron chi connectivity index (χ2n) is 13.7. The van der Waals surface area contributed by atoms with Crippen molar-refractivity contribution in [3.8, 4) is 17.3 Å². The van der Waals surface area contributed by atoms with Gasteiger partial charge < -0.3 is 34.6 Å². The largest absolute Gasteiger partial charge is 0.494 e. The molecule has 0 saturated carbocycles. The molecule has 5 heterocycles. The number of nitrogens with zero attached hydrogens (tertiary/aromatic N) is 4. The van der Waals surface area contributed by atoms with Gasteiger partial charge in [0.15, 0.2) is 5.82 Å². The molecule has 0 aliphatic carbocycles. The van der Waals surface area contributed by atoms with Gasteiger partial charge >= 0.3 is 0 Å². The van der Waals surface area contributed by atoms with Crippen molar-refractivity contribution in [1.29, 1.82) is 0 Å². The standard InChI is InChI=1S/C36H46N6O4/c1-21-22-10-11-23-18-30(41(29(23)17-22)15-9-7-6-8-14-36(2,46-5)35(44)38-21)33-39-27-16-24(19-31(45-4)32(27)40(33)3)34(43)42-25-12-13-28(42)26(37)20-25/h10-11,16-19,21,25-26,28H,6-9,12-15,20,37H2,1-5H3,(H,38,44)/t21-,25+,26-,28-,36-/m1/s1. The molecule has 7 rings (SSSR count). The molecule has 0 unspecified atom stereocenters. The van der Waals surface area contributed by atoms with Crippen LogP contribution in [0.5, 0.6) is 5.75 Å². The molecule has 2 fully saturated rings. The summed E-state index contributed by atoms with van der Waals surface area (Å²) < 4.78 is 16.0. The molecule has 46 heavy (non-hydrogen) atoms. The number of rotatable bonds is 4. The van der Waals surface area contributed by atoms with Crippen molar-refractivity contribution >= 4 is 33.8 Å². The Hall–Kier alpha value is -3.89. The highest BCUT2D eigenvalue weighted by molar-refractivity contribution is 6.01.